The monoisotopic (exact) mass is 513 g/mol. The van der Waals surface area contributed by atoms with Gasteiger partial charge in [0.15, 0.2) is 0 Å². The molecule has 2 saturated heterocycles. The van der Waals surface area contributed by atoms with Crippen LogP contribution in [0.25, 0.3) is 5.57 Å². The van der Waals surface area contributed by atoms with Gasteiger partial charge in [0.05, 0.1) is 30.5 Å². The van der Waals surface area contributed by atoms with Crippen LogP contribution >= 0.6 is 0 Å². The molecule has 0 saturated carbocycles. The van der Waals surface area contributed by atoms with Crippen molar-refractivity contribution in [3.8, 4) is 0 Å². The predicted octanol–water partition coefficient (Wildman–Crippen LogP) is 1.98. The van der Waals surface area contributed by atoms with Gasteiger partial charge >= 0.3 is 0 Å². The van der Waals surface area contributed by atoms with E-state index in [1.54, 1.807) is 0 Å². The molecule has 2 fully saturated rings. The number of aliphatic hydroxyl groups excluding tert-OH is 2. The molecule has 0 bridgehead atoms. The third-order valence-corrected chi connectivity index (χ3v) is 8.42. The van der Waals surface area contributed by atoms with Crippen molar-refractivity contribution in [2.24, 2.45) is 11.8 Å². The van der Waals surface area contributed by atoms with Crippen molar-refractivity contribution in [3.63, 3.8) is 0 Å². The summed E-state index contributed by atoms with van der Waals surface area (Å²) in [6.07, 6.45) is 9.13. The topological polar surface area (TPSA) is 111 Å². The van der Waals surface area contributed by atoms with Gasteiger partial charge in [0.25, 0.3) is 0 Å². The molecule has 3 unspecified atom stereocenters. The van der Waals surface area contributed by atoms with Gasteiger partial charge in [-0.15, -0.1) is 0 Å². The number of β-amino-alcohol motifs (C(OH)–C–C–N with tert-alkyl or cyclic N) is 1. The number of likely N-dealkylation sites (tertiary alicyclic amines) is 2. The number of aromatic nitrogens is 2. The van der Waals surface area contributed by atoms with Crippen LogP contribution in [-0.2, 0) is 9.59 Å². The van der Waals surface area contributed by atoms with Crippen LogP contribution in [0.2, 0.25) is 0 Å². The van der Waals surface area contributed by atoms with E-state index in [9.17, 15) is 19.8 Å². The summed E-state index contributed by atoms with van der Waals surface area (Å²) in [4.78, 5) is 30.0. The number of hydrogen-bond donors (Lipinski definition) is 3. The van der Waals surface area contributed by atoms with Crippen LogP contribution < -0.4 is 5.32 Å². The number of allylic oxidation sites excluding steroid dienone is 3. The Labute approximate surface area is 220 Å². The first-order valence-electron chi connectivity index (χ1n) is 13.7. The van der Waals surface area contributed by atoms with Gasteiger partial charge in [-0.25, -0.2) is 0 Å². The Morgan fingerprint density at radius 3 is 2.51 bits per heavy atom. The molecule has 1 aliphatic carbocycles. The Morgan fingerprint density at radius 1 is 1.16 bits per heavy atom. The summed E-state index contributed by atoms with van der Waals surface area (Å²) in [7, 11) is 2.16. The third kappa shape index (κ3) is 6.16. The van der Waals surface area contributed by atoms with Gasteiger partial charge in [0, 0.05) is 25.1 Å². The Morgan fingerprint density at radius 2 is 1.89 bits per heavy atom. The number of hydrogen-bond acceptors (Lipinski definition) is 6. The molecule has 9 nitrogen and oxygen atoms in total. The van der Waals surface area contributed by atoms with E-state index in [1.807, 2.05) is 33.0 Å². The highest BCUT2D eigenvalue weighted by Crippen LogP contribution is 2.32. The molecule has 1 aromatic heterocycles. The number of carbonyl (C=O) groups is 2. The average molecular weight is 514 g/mol. The van der Waals surface area contributed by atoms with E-state index in [0.29, 0.717) is 6.04 Å². The van der Waals surface area contributed by atoms with Crippen molar-refractivity contribution in [3.05, 3.63) is 35.7 Å². The van der Waals surface area contributed by atoms with Crippen LogP contribution in [0.5, 0.6) is 0 Å². The highest BCUT2D eigenvalue weighted by atomic mass is 16.3. The van der Waals surface area contributed by atoms with Gasteiger partial charge in [0.1, 0.15) is 6.04 Å². The second kappa shape index (κ2) is 11.9. The lowest BCUT2D eigenvalue weighted by molar-refractivity contribution is -0.142. The van der Waals surface area contributed by atoms with Crippen molar-refractivity contribution in [2.75, 3.05) is 33.3 Å². The third-order valence-electron chi connectivity index (χ3n) is 8.42. The molecule has 4 atom stereocenters. The highest BCUT2D eigenvalue weighted by Gasteiger charge is 2.41. The Balaban J connectivity index is 1.44. The molecule has 2 aliphatic heterocycles. The summed E-state index contributed by atoms with van der Waals surface area (Å²) in [5, 5.41) is 27.9. The molecule has 2 amide bonds. The van der Waals surface area contributed by atoms with Crippen LogP contribution in [0.4, 0.5) is 0 Å². The van der Waals surface area contributed by atoms with Crippen molar-refractivity contribution in [1.29, 1.82) is 0 Å². The van der Waals surface area contributed by atoms with Crippen molar-refractivity contribution >= 4 is 17.4 Å². The molecule has 0 aromatic carbocycles. The highest BCUT2D eigenvalue weighted by molar-refractivity contribution is 5.89. The van der Waals surface area contributed by atoms with Crippen LogP contribution in [0.1, 0.15) is 64.6 Å². The van der Waals surface area contributed by atoms with E-state index in [-0.39, 0.29) is 43.2 Å². The molecule has 9 heteroatoms. The van der Waals surface area contributed by atoms with Gasteiger partial charge in [-0.3, -0.25) is 14.3 Å². The van der Waals surface area contributed by atoms with Crippen molar-refractivity contribution in [2.45, 2.75) is 77.1 Å². The van der Waals surface area contributed by atoms with E-state index in [0.717, 1.165) is 50.0 Å². The fourth-order valence-corrected chi connectivity index (χ4v) is 5.63. The summed E-state index contributed by atoms with van der Waals surface area (Å²) < 4.78 is 2.16. The molecule has 1 aromatic rings. The SMILES string of the molecule is CC(C)C(C)C(=O)N1C[C@H](O)CC1C(=O)NC(CO)C1=CC=C(c2ccnn2C2CCN(C)CC2)CC1. The van der Waals surface area contributed by atoms with E-state index in [2.05, 4.69) is 39.2 Å². The van der Waals surface area contributed by atoms with Crippen molar-refractivity contribution in [1.82, 2.24) is 24.9 Å². The normalized spacial score (nSPS) is 25.1. The molecule has 3 aliphatic rings. The number of nitrogens with zero attached hydrogens (tertiary/aromatic N) is 4. The maximum atomic E-state index is 13.2. The quantitative estimate of drug-likeness (QED) is 0.490. The zero-order valence-electron chi connectivity index (χ0n) is 22.6. The minimum atomic E-state index is -0.725. The molecule has 3 N–H and O–H groups in total. The smallest absolute Gasteiger partial charge is 0.243 e. The lowest BCUT2D eigenvalue weighted by Gasteiger charge is -2.31. The first-order valence-corrected chi connectivity index (χ1v) is 13.7. The van der Waals surface area contributed by atoms with Crippen molar-refractivity contribution < 1.29 is 19.8 Å². The predicted molar refractivity (Wildman–Crippen MR) is 142 cm³/mol. The molecule has 204 valence electrons. The molecule has 3 heterocycles. The Hall–Kier alpha value is -2.49. The van der Waals surface area contributed by atoms with Gasteiger partial charge in [0.2, 0.25) is 11.8 Å². The van der Waals surface area contributed by atoms with Crippen LogP contribution in [0.3, 0.4) is 0 Å². The largest absolute Gasteiger partial charge is 0.394 e. The summed E-state index contributed by atoms with van der Waals surface area (Å²) >= 11 is 0. The maximum Gasteiger partial charge on any atom is 0.243 e. The average Bonchev–Trinajstić information content (AvgIpc) is 3.54. The Bertz CT molecular complexity index is 1020. The number of nitrogens with one attached hydrogen (secondary N) is 1. The van der Waals surface area contributed by atoms with E-state index in [4.69, 9.17) is 0 Å². The molecular weight excluding hydrogens is 470 g/mol. The Kier molecular flexibility index (Phi) is 8.87. The molecule has 37 heavy (non-hydrogen) atoms. The second-order valence-corrected chi connectivity index (χ2v) is 11.3. The standard InChI is InChI=1S/C28H43N5O4/c1-18(2)19(3)28(37)32-16-23(35)15-26(32)27(36)30-24(17-34)20-5-7-21(8-6-20)25-9-12-29-33(25)22-10-13-31(4)14-11-22/h5,7,9,12,18-19,22-24,26,34-35H,6,8,10-11,13-17H2,1-4H3,(H,30,36)/t19?,23-,24?,26?/m1/s1. The van der Waals surface area contributed by atoms with Crippen LogP contribution in [0, 0.1) is 11.8 Å². The number of aliphatic hydroxyl groups is 2. The molecular formula is C28H43N5O4. The second-order valence-electron chi connectivity index (χ2n) is 11.3. The minimum Gasteiger partial charge on any atom is -0.394 e. The van der Waals surface area contributed by atoms with E-state index >= 15 is 0 Å². The fourth-order valence-electron chi connectivity index (χ4n) is 5.63. The van der Waals surface area contributed by atoms with Gasteiger partial charge in [-0.05, 0) is 69.0 Å². The first-order chi connectivity index (χ1) is 17.7. The lowest BCUT2D eigenvalue weighted by atomic mass is 9.91. The minimum absolute atomic E-state index is 0.113. The number of rotatable bonds is 8. The summed E-state index contributed by atoms with van der Waals surface area (Å²) in [5.74, 6) is -0.529. The zero-order chi connectivity index (χ0) is 26.7. The molecule has 0 spiro atoms. The fraction of sp³-hybridized carbons (Fsp3) is 0.679. The number of carbonyl (C=O) groups excluding carboxylic acids is 2. The maximum absolute atomic E-state index is 13.2. The number of amides is 2. The zero-order valence-corrected chi connectivity index (χ0v) is 22.6. The number of piperidine rings is 1. The summed E-state index contributed by atoms with van der Waals surface area (Å²) in [6.45, 7) is 7.90. The van der Waals surface area contributed by atoms with E-state index in [1.165, 1.54) is 10.5 Å². The summed E-state index contributed by atoms with van der Waals surface area (Å²) in [6, 6.07) is 1.23. The first kappa shape index (κ1) is 27.5. The lowest BCUT2D eigenvalue weighted by Crippen LogP contribution is -2.51. The molecule has 0 radical (unpaired) electrons. The van der Waals surface area contributed by atoms with E-state index < -0.39 is 18.2 Å². The van der Waals surface area contributed by atoms with Gasteiger partial charge in [-0.1, -0.05) is 32.9 Å². The summed E-state index contributed by atoms with van der Waals surface area (Å²) in [5.41, 5.74) is 3.31. The van der Waals surface area contributed by atoms with Crippen LogP contribution in [0.15, 0.2) is 30.0 Å². The van der Waals surface area contributed by atoms with Gasteiger partial charge < -0.3 is 25.3 Å². The van der Waals surface area contributed by atoms with Crippen LogP contribution in [-0.4, -0.2) is 93.1 Å². The van der Waals surface area contributed by atoms with Gasteiger partial charge in [-0.2, -0.15) is 5.10 Å². The molecule has 4 rings (SSSR count).